The molecule has 1 heterocycles. The van der Waals surface area contributed by atoms with Gasteiger partial charge in [0.05, 0.1) is 5.56 Å². The number of hydrogen-bond donors (Lipinski definition) is 4. The van der Waals surface area contributed by atoms with E-state index in [9.17, 15) is 14.7 Å². The van der Waals surface area contributed by atoms with Crippen molar-refractivity contribution in [3.63, 3.8) is 0 Å². The first-order valence-corrected chi connectivity index (χ1v) is 7.48. The van der Waals surface area contributed by atoms with Gasteiger partial charge in [-0.1, -0.05) is 6.07 Å². The molecule has 3 rings (SSSR count). The molecule has 26 heavy (non-hydrogen) atoms. The lowest BCUT2D eigenvalue weighted by molar-refractivity contribution is 0.0684. The number of anilines is 2. The van der Waals surface area contributed by atoms with Crippen molar-refractivity contribution in [3.8, 4) is 0 Å². The number of carboxylic acid groups (broad SMARTS) is 2. The Labute approximate surface area is 147 Å². The van der Waals surface area contributed by atoms with Crippen LogP contribution in [0.4, 0.5) is 11.4 Å². The minimum Gasteiger partial charge on any atom is -0.478 e. The van der Waals surface area contributed by atoms with Crippen molar-refractivity contribution in [1.82, 2.24) is 4.98 Å². The normalized spacial score (nSPS) is 10.5. The predicted molar refractivity (Wildman–Crippen MR) is 96.2 cm³/mol. The van der Waals surface area contributed by atoms with Gasteiger partial charge in [-0.2, -0.15) is 0 Å². The fourth-order valence-corrected chi connectivity index (χ4v) is 2.65. The molecule has 0 spiro atoms. The van der Waals surface area contributed by atoms with Gasteiger partial charge in [0.25, 0.3) is 0 Å². The molecule has 0 amide bonds. The first kappa shape index (κ1) is 16.9. The van der Waals surface area contributed by atoms with Crippen molar-refractivity contribution >= 4 is 40.0 Å². The van der Waals surface area contributed by atoms with Crippen LogP contribution in [0.3, 0.4) is 0 Å². The van der Waals surface area contributed by atoms with E-state index in [1.165, 1.54) is 35.4 Å². The Morgan fingerprint density at radius 3 is 2.19 bits per heavy atom. The average Bonchev–Trinajstić information content (AvgIpc) is 2.61. The van der Waals surface area contributed by atoms with E-state index >= 15 is 0 Å². The highest BCUT2D eigenvalue weighted by Crippen LogP contribution is 2.29. The lowest BCUT2D eigenvalue weighted by atomic mass is 10.1. The van der Waals surface area contributed by atoms with Crippen LogP contribution in [0, 0.1) is 5.41 Å². The maximum atomic E-state index is 11.4. The Kier molecular flexibility index (Phi) is 4.24. The molecule has 0 aliphatic carbocycles. The molecule has 0 saturated carbocycles. The molecule has 0 aliphatic rings. The van der Waals surface area contributed by atoms with Gasteiger partial charge in [-0.3, -0.25) is 10.3 Å². The Hall–Kier alpha value is -3.94. The number of pyridine rings is 1. The summed E-state index contributed by atoms with van der Waals surface area (Å²) in [6, 6.07) is 12.5. The maximum absolute atomic E-state index is 11.4. The summed E-state index contributed by atoms with van der Waals surface area (Å²) in [7, 11) is 0. The first-order valence-electron chi connectivity index (χ1n) is 7.48. The second-order valence-electron chi connectivity index (χ2n) is 5.44. The summed E-state index contributed by atoms with van der Waals surface area (Å²) in [5.41, 5.74) is 6.64. The lowest BCUT2D eigenvalue weighted by Gasteiger charge is -2.23. The third kappa shape index (κ3) is 3.03. The number of fused-ring (bicyclic) bond motifs is 1. The second kappa shape index (κ2) is 6.52. The van der Waals surface area contributed by atoms with E-state index < -0.39 is 11.9 Å². The number of benzene rings is 2. The van der Waals surface area contributed by atoms with Gasteiger partial charge in [0, 0.05) is 23.0 Å². The molecule has 0 bridgehead atoms. The van der Waals surface area contributed by atoms with Crippen molar-refractivity contribution in [2.75, 3.05) is 4.90 Å². The number of guanidine groups is 1. The molecular weight excluding hydrogens is 336 g/mol. The molecule has 0 fully saturated rings. The van der Waals surface area contributed by atoms with E-state index in [0.29, 0.717) is 22.1 Å². The van der Waals surface area contributed by atoms with Gasteiger partial charge in [0.1, 0.15) is 0 Å². The zero-order valence-corrected chi connectivity index (χ0v) is 13.4. The summed E-state index contributed by atoms with van der Waals surface area (Å²) >= 11 is 0. The number of aromatic nitrogens is 1. The number of hydrogen-bond acceptors (Lipinski definition) is 4. The van der Waals surface area contributed by atoms with Crippen molar-refractivity contribution in [3.05, 3.63) is 66.0 Å². The Morgan fingerprint density at radius 2 is 1.62 bits per heavy atom. The maximum Gasteiger partial charge on any atom is 0.355 e. The van der Waals surface area contributed by atoms with Crippen LogP contribution in [0.1, 0.15) is 20.8 Å². The molecule has 8 heteroatoms. The summed E-state index contributed by atoms with van der Waals surface area (Å²) in [5, 5.41) is 27.3. The van der Waals surface area contributed by atoms with Gasteiger partial charge in [0.2, 0.25) is 0 Å². The van der Waals surface area contributed by atoms with Crippen molar-refractivity contribution < 1.29 is 19.8 Å². The smallest absolute Gasteiger partial charge is 0.355 e. The minimum absolute atomic E-state index is 0.103. The van der Waals surface area contributed by atoms with Gasteiger partial charge in [-0.15, -0.1) is 0 Å². The van der Waals surface area contributed by atoms with Crippen molar-refractivity contribution in [2.45, 2.75) is 0 Å². The van der Waals surface area contributed by atoms with Crippen LogP contribution >= 0.6 is 0 Å². The molecule has 130 valence electrons. The Morgan fingerprint density at radius 1 is 0.962 bits per heavy atom. The van der Waals surface area contributed by atoms with E-state index in [1.54, 1.807) is 24.3 Å². The Bertz CT molecular complexity index is 1030. The summed E-state index contributed by atoms with van der Waals surface area (Å²) in [4.78, 5) is 27.7. The highest BCUT2D eigenvalue weighted by Gasteiger charge is 2.16. The quantitative estimate of drug-likeness (QED) is 0.419. The topological polar surface area (TPSA) is 141 Å². The third-order valence-corrected chi connectivity index (χ3v) is 3.82. The molecule has 8 nitrogen and oxygen atoms in total. The van der Waals surface area contributed by atoms with Gasteiger partial charge in [-0.25, -0.2) is 14.6 Å². The highest BCUT2D eigenvalue weighted by molar-refractivity contribution is 6.06. The number of nitrogens with two attached hydrogens (primary N) is 1. The monoisotopic (exact) mass is 350 g/mol. The number of aromatic carboxylic acids is 2. The fourth-order valence-electron chi connectivity index (χ4n) is 2.65. The molecule has 0 aliphatic heterocycles. The first-order chi connectivity index (χ1) is 12.4. The van der Waals surface area contributed by atoms with Crippen LogP contribution in [0.25, 0.3) is 10.8 Å². The van der Waals surface area contributed by atoms with E-state index in [4.69, 9.17) is 16.2 Å². The lowest BCUT2D eigenvalue weighted by Crippen LogP contribution is -2.32. The molecule has 0 saturated heterocycles. The standard InChI is InChI=1S/C18H14N4O4/c19-18(20)22(12-4-2-11(3-5-12)16(23)24)13-6-1-10-7-8-21-15(17(25)26)14(10)9-13/h1-9H,(H3,19,20)(H,23,24)(H,25,26). The van der Waals surface area contributed by atoms with Crippen LogP contribution in [0.5, 0.6) is 0 Å². The zero-order chi connectivity index (χ0) is 18.8. The molecule has 2 aromatic carbocycles. The van der Waals surface area contributed by atoms with E-state index in [2.05, 4.69) is 4.98 Å². The third-order valence-electron chi connectivity index (χ3n) is 3.82. The minimum atomic E-state index is -1.16. The Balaban J connectivity index is 2.14. The number of nitrogens with one attached hydrogen (secondary N) is 1. The summed E-state index contributed by atoms with van der Waals surface area (Å²) in [6.07, 6.45) is 1.42. The number of carbonyl (C=O) groups is 2. The average molecular weight is 350 g/mol. The summed E-state index contributed by atoms with van der Waals surface area (Å²) in [5.74, 6) is -2.52. The van der Waals surface area contributed by atoms with Crippen LogP contribution in [-0.4, -0.2) is 33.1 Å². The fraction of sp³-hybridized carbons (Fsp3) is 0. The van der Waals surface area contributed by atoms with Gasteiger partial charge in [-0.05, 0) is 47.9 Å². The molecule has 0 unspecified atom stereocenters. The largest absolute Gasteiger partial charge is 0.478 e. The predicted octanol–water partition coefficient (Wildman–Crippen LogP) is 2.66. The van der Waals surface area contributed by atoms with E-state index in [-0.39, 0.29) is 17.2 Å². The van der Waals surface area contributed by atoms with Crippen molar-refractivity contribution in [1.29, 1.82) is 5.41 Å². The van der Waals surface area contributed by atoms with Crippen LogP contribution in [0.15, 0.2) is 54.7 Å². The van der Waals surface area contributed by atoms with Crippen LogP contribution < -0.4 is 10.6 Å². The van der Waals surface area contributed by atoms with Gasteiger partial charge in [0.15, 0.2) is 11.7 Å². The van der Waals surface area contributed by atoms with Crippen LogP contribution in [0.2, 0.25) is 0 Å². The summed E-state index contributed by atoms with van der Waals surface area (Å²) in [6.45, 7) is 0. The molecular formula is C18H14N4O4. The highest BCUT2D eigenvalue weighted by atomic mass is 16.4. The molecule has 1 aromatic heterocycles. The number of rotatable bonds is 4. The number of carboxylic acids is 2. The molecule has 0 radical (unpaired) electrons. The molecule has 5 N–H and O–H groups in total. The van der Waals surface area contributed by atoms with Gasteiger partial charge >= 0.3 is 11.9 Å². The van der Waals surface area contributed by atoms with E-state index in [0.717, 1.165) is 0 Å². The van der Waals surface area contributed by atoms with Crippen molar-refractivity contribution in [2.24, 2.45) is 5.73 Å². The van der Waals surface area contributed by atoms with Gasteiger partial charge < -0.3 is 15.9 Å². The molecule has 3 aromatic rings. The second-order valence-corrected chi connectivity index (χ2v) is 5.44. The molecule has 0 atom stereocenters. The van der Waals surface area contributed by atoms with E-state index in [1.807, 2.05) is 0 Å². The van der Waals surface area contributed by atoms with Crippen LogP contribution in [-0.2, 0) is 0 Å². The summed E-state index contributed by atoms with van der Waals surface area (Å²) < 4.78 is 0. The number of nitrogens with zero attached hydrogens (tertiary/aromatic N) is 2. The zero-order valence-electron chi connectivity index (χ0n) is 13.4. The SMILES string of the molecule is N=C(N)N(c1ccc(C(=O)O)cc1)c1ccc2ccnc(C(=O)O)c2c1.